The zero-order valence-electron chi connectivity index (χ0n) is 16.5. The van der Waals surface area contributed by atoms with Crippen LogP contribution >= 0.6 is 0 Å². The molecule has 0 aromatic heterocycles. The molecule has 0 spiro atoms. The van der Waals surface area contributed by atoms with Crippen molar-refractivity contribution in [1.29, 1.82) is 0 Å². The molecule has 0 aliphatic rings. The average Bonchev–Trinajstić information content (AvgIpc) is 2.71. The van der Waals surface area contributed by atoms with Gasteiger partial charge in [0.2, 0.25) is 0 Å². The van der Waals surface area contributed by atoms with E-state index in [-0.39, 0.29) is 13.2 Å². The Morgan fingerprint density at radius 1 is 0.778 bits per heavy atom. The summed E-state index contributed by atoms with van der Waals surface area (Å²) in [5.41, 5.74) is 0. The van der Waals surface area contributed by atoms with E-state index in [2.05, 4.69) is 13.2 Å². The van der Waals surface area contributed by atoms with Gasteiger partial charge < -0.3 is 31.3 Å². The van der Waals surface area contributed by atoms with Gasteiger partial charge in [0.25, 0.3) is 0 Å². The van der Waals surface area contributed by atoms with Crippen LogP contribution in [0.3, 0.4) is 0 Å². The second-order valence-electron chi connectivity index (χ2n) is 5.28. The van der Waals surface area contributed by atoms with E-state index in [1.807, 2.05) is 0 Å². The number of hydrogen-bond acceptors (Lipinski definition) is 9. The van der Waals surface area contributed by atoms with Crippen LogP contribution in [0.5, 0.6) is 0 Å². The quantitative estimate of drug-likeness (QED) is 0.159. The van der Waals surface area contributed by atoms with Crippen LogP contribution in [0.25, 0.3) is 0 Å². The van der Waals surface area contributed by atoms with Crippen molar-refractivity contribution < 1.29 is 40.9 Å². The van der Waals surface area contributed by atoms with Crippen LogP contribution in [0.15, 0.2) is 25.3 Å². The lowest BCUT2D eigenvalue weighted by atomic mass is 10.5. The van der Waals surface area contributed by atoms with Gasteiger partial charge in [-0.1, -0.05) is 13.2 Å². The van der Waals surface area contributed by atoms with Gasteiger partial charge in [-0.05, 0) is 24.9 Å². The van der Waals surface area contributed by atoms with Crippen molar-refractivity contribution in [2.75, 3.05) is 41.7 Å². The normalized spacial score (nSPS) is 11.7. The van der Waals surface area contributed by atoms with E-state index >= 15 is 0 Å². The molecule has 0 aromatic carbocycles. The fourth-order valence-corrected chi connectivity index (χ4v) is 8.72. The van der Waals surface area contributed by atoms with Gasteiger partial charge in [-0.3, -0.25) is 0 Å². The highest BCUT2D eigenvalue weighted by molar-refractivity contribution is 6.76. The van der Waals surface area contributed by atoms with Crippen molar-refractivity contribution in [2.45, 2.75) is 24.9 Å². The monoisotopic (exact) mass is 422 g/mol. The Bertz CT molecular complexity index is 444. The molecule has 0 aliphatic carbocycles. The molecular formula is C16H30O9Si2. The highest BCUT2D eigenvalue weighted by Gasteiger charge is 2.52. The Balaban J connectivity index is 5.05. The lowest BCUT2D eigenvalue weighted by Gasteiger charge is -2.35. The highest BCUT2D eigenvalue weighted by Crippen LogP contribution is 2.27. The molecule has 0 aliphatic heterocycles. The predicted octanol–water partition coefficient (Wildman–Crippen LogP) is 1.70. The zero-order valence-corrected chi connectivity index (χ0v) is 18.5. The van der Waals surface area contributed by atoms with E-state index in [0.29, 0.717) is 24.9 Å². The standard InChI is InChI=1S/C16H30O9Si2/c1-7-15(17)23-11-9-13-26(19-3,14-10-12-24-16(18)8-2)25-27(20-4,21-5)22-6/h7-8H,1-2,9-14H2,3-6H3. The molecule has 9 nitrogen and oxygen atoms in total. The molecule has 0 amide bonds. The van der Waals surface area contributed by atoms with E-state index < -0.39 is 29.5 Å². The highest BCUT2D eigenvalue weighted by atomic mass is 28.5. The number of ether oxygens (including phenoxy) is 2. The average molecular weight is 423 g/mol. The molecule has 0 N–H and O–H groups in total. The van der Waals surface area contributed by atoms with Crippen LogP contribution in [-0.4, -0.2) is 71.2 Å². The van der Waals surface area contributed by atoms with Gasteiger partial charge >= 0.3 is 29.5 Å². The Labute approximate surface area is 162 Å². The summed E-state index contributed by atoms with van der Waals surface area (Å²) in [5, 5.41) is 0. The maximum absolute atomic E-state index is 11.2. The topological polar surface area (TPSA) is 98.8 Å². The molecule has 27 heavy (non-hydrogen) atoms. The zero-order chi connectivity index (χ0) is 20.8. The SMILES string of the molecule is C=CC(=O)OCCC[Si](CCCOC(=O)C=C)(OC)O[Si](OC)(OC)OC. The summed E-state index contributed by atoms with van der Waals surface area (Å²) >= 11 is 0. The summed E-state index contributed by atoms with van der Waals surface area (Å²) in [7, 11) is -0.394. The summed E-state index contributed by atoms with van der Waals surface area (Å²) in [6.07, 6.45) is 3.22. The molecule has 0 bridgehead atoms. The number of esters is 2. The summed E-state index contributed by atoms with van der Waals surface area (Å²) in [5.74, 6) is -0.988. The molecular weight excluding hydrogens is 392 g/mol. The van der Waals surface area contributed by atoms with E-state index in [4.69, 9.17) is 31.3 Å². The van der Waals surface area contributed by atoms with Crippen LogP contribution in [0.2, 0.25) is 12.1 Å². The van der Waals surface area contributed by atoms with Crippen LogP contribution in [0.1, 0.15) is 12.8 Å². The summed E-state index contributed by atoms with van der Waals surface area (Å²) < 4.78 is 38.0. The fourth-order valence-electron chi connectivity index (χ4n) is 2.22. The molecule has 0 rings (SSSR count). The van der Waals surface area contributed by atoms with Crippen molar-refractivity contribution in [3.05, 3.63) is 25.3 Å². The molecule has 0 radical (unpaired) electrons. The van der Waals surface area contributed by atoms with Crippen molar-refractivity contribution in [2.24, 2.45) is 0 Å². The minimum Gasteiger partial charge on any atom is -0.463 e. The van der Waals surface area contributed by atoms with Gasteiger partial charge in [-0.25, -0.2) is 9.59 Å². The maximum Gasteiger partial charge on any atom is 0.669 e. The Kier molecular flexibility index (Phi) is 13.1. The van der Waals surface area contributed by atoms with E-state index in [1.54, 1.807) is 0 Å². The van der Waals surface area contributed by atoms with Crippen LogP contribution in [0, 0.1) is 0 Å². The summed E-state index contributed by atoms with van der Waals surface area (Å²) in [6, 6.07) is 0.988. The molecule has 0 atom stereocenters. The lowest BCUT2D eigenvalue weighted by Crippen LogP contribution is -2.57. The van der Waals surface area contributed by atoms with Crippen LogP contribution < -0.4 is 0 Å². The molecule has 0 aromatic rings. The Morgan fingerprint density at radius 2 is 1.19 bits per heavy atom. The van der Waals surface area contributed by atoms with Crippen molar-refractivity contribution in [3.8, 4) is 0 Å². The maximum atomic E-state index is 11.2. The van der Waals surface area contributed by atoms with Gasteiger partial charge in [0, 0.05) is 40.6 Å². The third-order valence-corrected chi connectivity index (χ3v) is 10.6. The fraction of sp³-hybridized carbons (Fsp3) is 0.625. The third kappa shape index (κ3) is 9.42. The minimum atomic E-state index is -3.36. The van der Waals surface area contributed by atoms with Gasteiger partial charge in [0.05, 0.1) is 13.2 Å². The van der Waals surface area contributed by atoms with Gasteiger partial charge in [-0.15, -0.1) is 0 Å². The van der Waals surface area contributed by atoms with Crippen LogP contribution in [0.4, 0.5) is 0 Å². The second-order valence-corrected chi connectivity index (χ2v) is 11.6. The van der Waals surface area contributed by atoms with Gasteiger partial charge in [0.1, 0.15) is 0 Å². The first-order valence-electron chi connectivity index (χ1n) is 8.35. The van der Waals surface area contributed by atoms with Crippen molar-refractivity contribution >= 4 is 29.5 Å². The molecule has 0 unspecified atom stereocenters. The minimum absolute atomic E-state index is 0.194. The van der Waals surface area contributed by atoms with Gasteiger partial charge in [0.15, 0.2) is 0 Å². The van der Waals surface area contributed by atoms with E-state index in [9.17, 15) is 9.59 Å². The molecule has 156 valence electrons. The first-order chi connectivity index (χ1) is 12.9. The largest absolute Gasteiger partial charge is 0.669 e. The van der Waals surface area contributed by atoms with Crippen molar-refractivity contribution in [3.63, 3.8) is 0 Å². The van der Waals surface area contributed by atoms with Crippen molar-refractivity contribution in [1.82, 2.24) is 0 Å². The first kappa shape index (κ1) is 25.7. The van der Waals surface area contributed by atoms with Gasteiger partial charge in [-0.2, -0.15) is 0 Å². The number of rotatable bonds is 16. The molecule has 0 saturated heterocycles. The van der Waals surface area contributed by atoms with E-state index in [0.717, 1.165) is 12.2 Å². The molecule has 0 saturated carbocycles. The molecule has 11 heteroatoms. The molecule has 0 heterocycles. The lowest BCUT2D eigenvalue weighted by molar-refractivity contribution is -0.138. The Morgan fingerprint density at radius 3 is 1.48 bits per heavy atom. The first-order valence-corrected chi connectivity index (χ1v) is 12.2. The second kappa shape index (κ2) is 13.8. The number of carbonyl (C=O) groups is 2. The molecule has 0 fully saturated rings. The Hall–Kier alpha value is -1.35. The van der Waals surface area contributed by atoms with Crippen LogP contribution in [-0.2, 0) is 40.9 Å². The third-order valence-electron chi connectivity index (χ3n) is 3.66. The summed E-state index contributed by atoms with van der Waals surface area (Å²) in [6.45, 7) is 7.09. The van der Waals surface area contributed by atoms with E-state index in [1.165, 1.54) is 28.4 Å². The summed E-state index contributed by atoms with van der Waals surface area (Å²) in [4.78, 5) is 22.4. The number of carbonyl (C=O) groups excluding carboxylic acids is 2. The predicted molar refractivity (Wildman–Crippen MR) is 102 cm³/mol. The number of hydrogen-bond donors (Lipinski definition) is 0. The smallest absolute Gasteiger partial charge is 0.463 e.